The van der Waals surface area contributed by atoms with E-state index in [2.05, 4.69) is 24.8 Å². The van der Waals surface area contributed by atoms with Crippen molar-refractivity contribution in [3.05, 3.63) is 53.5 Å². The number of nitrogens with zero attached hydrogens (tertiary/aromatic N) is 6. The van der Waals surface area contributed by atoms with E-state index in [4.69, 9.17) is 5.11 Å². The molecule has 8 nitrogen and oxygen atoms in total. The van der Waals surface area contributed by atoms with Gasteiger partial charge in [0.25, 0.3) is 5.56 Å². The highest BCUT2D eigenvalue weighted by atomic mass is 16.3. The summed E-state index contributed by atoms with van der Waals surface area (Å²) in [5.41, 5.74) is 1.62. The lowest BCUT2D eigenvalue weighted by atomic mass is 10.2. The molecule has 0 atom stereocenters. The molecule has 0 amide bonds. The average molecular weight is 352 g/mol. The second-order valence-electron chi connectivity index (χ2n) is 6.21. The Morgan fingerprint density at radius 3 is 2.58 bits per heavy atom. The fraction of sp³-hybridized carbons (Fsp3) is 0.333. The minimum absolute atomic E-state index is 0.0816. The van der Waals surface area contributed by atoms with Crippen LogP contribution in [0.5, 0.6) is 0 Å². The zero-order chi connectivity index (χ0) is 17.9. The molecule has 4 rings (SSSR count). The zero-order valence-electron chi connectivity index (χ0n) is 14.3. The largest absolute Gasteiger partial charge is 0.395 e. The maximum atomic E-state index is 12.4. The lowest BCUT2D eigenvalue weighted by Crippen LogP contribution is -2.46. The molecule has 134 valence electrons. The van der Waals surface area contributed by atoms with Crippen LogP contribution in [-0.2, 0) is 6.54 Å². The van der Waals surface area contributed by atoms with Gasteiger partial charge < -0.3 is 14.9 Å². The summed E-state index contributed by atoms with van der Waals surface area (Å²) in [5.74, 6) is 0.948. The Morgan fingerprint density at radius 1 is 1.04 bits per heavy atom. The van der Waals surface area contributed by atoms with Crippen LogP contribution in [0.1, 0.15) is 0 Å². The molecule has 0 bridgehead atoms. The van der Waals surface area contributed by atoms with E-state index in [1.54, 1.807) is 12.5 Å². The van der Waals surface area contributed by atoms with E-state index >= 15 is 0 Å². The Bertz CT molecular complexity index is 951. The first-order chi connectivity index (χ1) is 12.8. The summed E-state index contributed by atoms with van der Waals surface area (Å²) < 4.78 is 1.43. The molecule has 1 fully saturated rings. The molecule has 1 aliphatic heterocycles. The van der Waals surface area contributed by atoms with E-state index < -0.39 is 0 Å². The second kappa shape index (κ2) is 7.09. The van der Waals surface area contributed by atoms with Crippen LogP contribution in [-0.4, -0.2) is 57.4 Å². The third-order valence-corrected chi connectivity index (χ3v) is 4.68. The molecule has 3 heterocycles. The van der Waals surface area contributed by atoms with E-state index in [0.717, 1.165) is 37.7 Å². The maximum Gasteiger partial charge on any atom is 0.261 e. The molecule has 0 unspecified atom stereocenters. The van der Waals surface area contributed by atoms with Crippen LogP contribution in [0.3, 0.4) is 0 Å². The van der Waals surface area contributed by atoms with E-state index in [-0.39, 0.29) is 18.7 Å². The van der Waals surface area contributed by atoms with Gasteiger partial charge in [-0.2, -0.15) is 0 Å². The molecule has 0 radical (unpaired) electrons. The third kappa shape index (κ3) is 3.11. The van der Waals surface area contributed by atoms with Gasteiger partial charge in [-0.05, 0) is 24.3 Å². The van der Waals surface area contributed by atoms with Crippen molar-refractivity contribution in [2.75, 3.05) is 42.6 Å². The molecule has 1 aromatic carbocycles. The fourth-order valence-corrected chi connectivity index (χ4v) is 3.27. The number of rotatable bonds is 4. The van der Waals surface area contributed by atoms with Gasteiger partial charge in [0.15, 0.2) is 0 Å². The average Bonchev–Trinajstić information content (AvgIpc) is 2.71. The second-order valence-corrected chi connectivity index (χ2v) is 6.21. The zero-order valence-corrected chi connectivity index (χ0v) is 14.3. The maximum absolute atomic E-state index is 12.4. The molecular formula is C18H20N6O2. The predicted molar refractivity (Wildman–Crippen MR) is 99.5 cm³/mol. The highest BCUT2D eigenvalue weighted by Crippen LogP contribution is 2.21. The number of aliphatic hydroxyl groups is 1. The Morgan fingerprint density at radius 2 is 1.85 bits per heavy atom. The molecule has 3 aromatic rings. The Labute approximate surface area is 150 Å². The molecule has 1 saturated heterocycles. The van der Waals surface area contributed by atoms with Crippen molar-refractivity contribution >= 4 is 22.4 Å². The standard InChI is InChI=1S/C18H20N6O2/c25-10-9-24-13-21-16-11-14(1-2-15(16)18(24)26)22-5-7-23(8-6-22)17-3-4-19-12-20-17/h1-4,11-13,25H,5-10H2. The monoisotopic (exact) mass is 352 g/mol. The molecule has 1 N–H and O–H groups in total. The number of piperazine rings is 1. The van der Waals surface area contributed by atoms with Gasteiger partial charge in [-0.3, -0.25) is 9.36 Å². The first kappa shape index (κ1) is 16.5. The summed E-state index contributed by atoms with van der Waals surface area (Å²) in [4.78, 5) is 29.6. The number of fused-ring (bicyclic) bond motifs is 1. The summed E-state index contributed by atoms with van der Waals surface area (Å²) in [7, 11) is 0. The lowest BCUT2D eigenvalue weighted by Gasteiger charge is -2.36. The van der Waals surface area contributed by atoms with Gasteiger partial charge in [-0.15, -0.1) is 0 Å². The van der Waals surface area contributed by atoms with Crippen molar-refractivity contribution < 1.29 is 5.11 Å². The van der Waals surface area contributed by atoms with Crippen LogP contribution in [0.2, 0.25) is 0 Å². The molecule has 0 spiro atoms. The highest BCUT2D eigenvalue weighted by Gasteiger charge is 2.19. The van der Waals surface area contributed by atoms with Crippen molar-refractivity contribution in [3.63, 3.8) is 0 Å². The normalized spacial score (nSPS) is 14.8. The van der Waals surface area contributed by atoms with Crippen LogP contribution in [0.25, 0.3) is 10.9 Å². The van der Waals surface area contributed by atoms with Gasteiger partial charge >= 0.3 is 0 Å². The van der Waals surface area contributed by atoms with E-state index in [1.165, 1.54) is 10.9 Å². The predicted octanol–water partition coefficient (Wildman–Crippen LogP) is 0.505. The van der Waals surface area contributed by atoms with Gasteiger partial charge in [0.2, 0.25) is 0 Å². The quantitative estimate of drug-likeness (QED) is 0.732. The van der Waals surface area contributed by atoms with Gasteiger partial charge in [-0.1, -0.05) is 0 Å². The van der Waals surface area contributed by atoms with Gasteiger partial charge in [0.05, 0.1) is 30.4 Å². The van der Waals surface area contributed by atoms with Crippen LogP contribution < -0.4 is 15.4 Å². The summed E-state index contributed by atoms with van der Waals surface area (Å²) in [5, 5.41) is 9.60. The SMILES string of the molecule is O=c1c2ccc(N3CCN(c4ccncn4)CC3)cc2ncn1CCO. The smallest absolute Gasteiger partial charge is 0.261 e. The van der Waals surface area contributed by atoms with E-state index in [9.17, 15) is 4.79 Å². The molecule has 2 aromatic heterocycles. The van der Waals surface area contributed by atoms with Crippen molar-refractivity contribution in [3.8, 4) is 0 Å². The molecular weight excluding hydrogens is 332 g/mol. The number of anilines is 2. The summed E-state index contributed by atoms with van der Waals surface area (Å²) in [6.45, 7) is 3.67. The first-order valence-corrected chi connectivity index (χ1v) is 8.62. The summed E-state index contributed by atoms with van der Waals surface area (Å²) >= 11 is 0. The highest BCUT2D eigenvalue weighted by molar-refractivity contribution is 5.81. The van der Waals surface area contributed by atoms with Gasteiger partial charge in [0, 0.05) is 38.1 Å². The van der Waals surface area contributed by atoms with Crippen LogP contribution in [0.15, 0.2) is 47.9 Å². The minimum Gasteiger partial charge on any atom is -0.395 e. The minimum atomic E-state index is -0.121. The molecule has 8 heteroatoms. The Kier molecular flexibility index (Phi) is 4.49. The van der Waals surface area contributed by atoms with Crippen LogP contribution >= 0.6 is 0 Å². The number of aliphatic hydroxyl groups excluding tert-OH is 1. The van der Waals surface area contributed by atoms with Gasteiger partial charge in [0.1, 0.15) is 12.1 Å². The first-order valence-electron chi connectivity index (χ1n) is 8.62. The van der Waals surface area contributed by atoms with Crippen molar-refractivity contribution in [1.29, 1.82) is 0 Å². The molecule has 0 saturated carbocycles. The number of hydrogen-bond donors (Lipinski definition) is 1. The summed E-state index contributed by atoms with van der Waals surface area (Å²) in [6.07, 6.45) is 4.82. The number of hydrogen-bond acceptors (Lipinski definition) is 7. The summed E-state index contributed by atoms with van der Waals surface area (Å²) in [6, 6.07) is 7.67. The number of aromatic nitrogens is 4. The topological polar surface area (TPSA) is 87.4 Å². The van der Waals surface area contributed by atoms with E-state index in [0.29, 0.717) is 10.9 Å². The number of benzene rings is 1. The molecule has 1 aliphatic rings. The van der Waals surface area contributed by atoms with Crippen molar-refractivity contribution in [1.82, 2.24) is 19.5 Å². The van der Waals surface area contributed by atoms with Crippen molar-refractivity contribution in [2.45, 2.75) is 6.54 Å². The fourth-order valence-electron chi connectivity index (χ4n) is 3.27. The lowest BCUT2D eigenvalue weighted by molar-refractivity contribution is 0.274. The molecule has 26 heavy (non-hydrogen) atoms. The third-order valence-electron chi connectivity index (χ3n) is 4.68. The van der Waals surface area contributed by atoms with Crippen molar-refractivity contribution in [2.24, 2.45) is 0 Å². The molecule has 0 aliphatic carbocycles. The van der Waals surface area contributed by atoms with Crippen LogP contribution in [0, 0.1) is 0 Å². The van der Waals surface area contributed by atoms with Gasteiger partial charge in [-0.25, -0.2) is 15.0 Å². The Balaban J connectivity index is 1.53. The van der Waals surface area contributed by atoms with E-state index in [1.807, 2.05) is 24.3 Å². The van der Waals surface area contributed by atoms with Crippen LogP contribution in [0.4, 0.5) is 11.5 Å². The Hall–Kier alpha value is -3.00.